The Labute approximate surface area is 173 Å². The zero-order chi connectivity index (χ0) is 19.9. The lowest BCUT2D eigenvalue weighted by Crippen LogP contribution is -2.30. The number of allylic oxidation sites excluding steroid dienone is 2. The minimum Gasteiger partial charge on any atom is -0.481 e. The molecule has 0 aliphatic carbocycles. The second kappa shape index (κ2) is 10.0. The van der Waals surface area contributed by atoms with E-state index >= 15 is 0 Å². The van der Waals surface area contributed by atoms with Gasteiger partial charge in [-0.1, -0.05) is 47.5 Å². The molecular formula is C21H21Cl2NO4. The van der Waals surface area contributed by atoms with Gasteiger partial charge in [0.05, 0.1) is 17.7 Å². The zero-order valence-electron chi connectivity index (χ0n) is 15.1. The standard InChI is InChI=1S/C21H21Cl2NO4/c22-16-8-9-17(18(23)11-16)21-27-13-15(5-2-1-3-7-19(25)26)20(28-21)14-6-4-10-24-12-14/h1-2,4,6,8-12,15,20-21H,3,5,7,13H2,(H,25,26)/b2-1-. The van der Waals surface area contributed by atoms with Crippen molar-refractivity contribution in [2.24, 2.45) is 5.92 Å². The molecule has 1 aromatic carbocycles. The van der Waals surface area contributed by atoms with Gasteiger partial charge in [-0.2, -0.15) is 0 Å². The van der Waals surface area contributed by atoms with Crippen molar-refractivity contribution >= 4 is 29.2 Å². The molecule has 0 radical (unpaired) electrons. The highest BCUT2D eigenvalue weighted by Gasteiger charge is 2.34. The molecular weight excluding hydrogens is 401 g/mol. The maximum atomic E-state index is 10.6. The first-order valence-corrected chi connectivity index (χ1v) is 9.79. The smallest absolute Gasteiger partial charge is 0.303 e. The third kappa shape index (κ3) is 5.55. The topological polar surface area (TPSA) is 68.7 Å². The summed E-state index contributed by atoms with van der Waals surface area (Å²) < 4.78 is 12.2. The van der Waals surface area contributed by atoms with Crippen molar-refractivity contribution < 1.29 is 19.4 Å². The molecule has 1 aliphatic rings. The van der Waals surface area contributed by atoms with Crippen LogP contribution >= 0.6 is 23.2 Å². The number of hydrogen-bond donors (Lipinski definition) is 1. The monoisotopic (exact) mass is 421 g/mol. The van der Waals surface area contributed by atoms with Crippen molar-refractivity contribution in [3.05, 3.63) is 76.0 Å². The first-order chi connectivity index (χ1) is 13.5. The summed E-state index contributed by atoms with van der Waals surface area (Å²) in [4.78, 5) is 14.8. The van der Waals surface area contributed by atoms with Gasteiger partial charge in [0, 0.05) is 35.3 Å². The number of pyridine rings is 1. The Bertz CT molecular complexity index is 828. The predicted octanol–water partition coefficient (Wildman–Crippen LogP) is 5.60. The van der Waals surface area contributed by atoms with Gasteiger partial charge in [-0.3, -0.25) is 9.78 Å². The molecule has 5 nitrogen and oxygen atoms in total. The summed E-state index contributed by atoms with van der Waals surface area (Å²) in [6.07, 6.45) is 7.90. The average molecular weight is 422 g/mol. The zero-order valence-corrected chi connectivity index (χ0v) is 16.6. The molecule has 0 spiro atoms. The number of benzene rings is 1. The molecule has 1 N–H and O–H groups in total. The van der Waals surface area contributed by atoms with Gasteiger partial charge >= 0.3 is 5.97 Å². The third-order valence-corrected chi connectivity index (χ3v) is 5.08. The molecule has 2 aromatic rings. The van der Waals surface area contributed by atoms with Gasteiger partial charge in [0.2, 0.25) is 0 Å². The molecule has 7 heteroatoms. The SMILES string of the molecule is O=C(O)CC/C=C\CC1COC(c2ccc(Cl)cc2Cl)OC1c1cccnc1. The molecule has 1 aromatic heterocycles. The molecule has 0 bridgehead atoms. The molecule has 2 heterocycles. The van der Waals surface area contributed by atoms with E-state index in [4.69, 9.17) is 37.8 Å². The van der Waals surface area contributed by atoms with Gasteiger partial charge in [0.15, 0.2) is 6.29 Å². The van der Waals surface area contributed by atoms with E-state index in [1.54, 1.807) is 24.5 Å². The molecule has 3 rings (SSSR count). The first-order valence-electron chi connectivity index (χ1n) is 9.03. The van der Waals surface area contributed by atoms with Crippen LogP contribution in [0.3, 0.4) is 0 Å². The van der Waals surface area contributed by atoms with Crippen LogP contribution in [0.25, 0.3) is 0 Å². The van der Waals surface area contributed by atoms with Crippen molar-refractivity contribution in [2.75, 3.05) is 6.61 Å². The van der Waals surface area contributed by atoms with Crippen molar-refractivity contribution in [3.8, 4) is 0 Å². The number of ether oxygens (including phenoxy) is 2. The maximum Gasteiger partial charge on any atom is 0.303 e. The number of rotatable bonds is 7. The molecule has 28 heavy (non-hydrogen) atoms. The van der Waals surface area contributed by atoms with Gasteiger partial charge in [0.1, 0.15) is 0 Å². The van der Waals surface area contributed by atoms with Crippen LogP contribution in [0.1, 0.15) is 42.8 Å². The van der Waals surface area contributed by atoms with Crippen LogP contribution in [0, 0.1) is 5.92 Å². The minimum absolute atomic E-state index is 0.0765. The fraction of sp³-hybridized carbons (Fsp3) is 0.333. The van der Waals surface area contributed by atoms with Crippen LogP contribution in [-0.4, -0.2) is 22.7 Å². The highest BCUT2D eigenvalue weighted by atomic mass is 35.5. The van der Waals surface area contributed by atoms with Crippen LogP contribution < -0.4 is 0 Å². The second-order valence-electron chi connectivity index (χ2n) is 6.57. The Balaban J connectivity index is 1.74. The Kier molecular flexibility index (Phi) is 7.45. The van der Waals surface area contributed by atoms with Crippen LogP contribution in [0.15, 0.2) is 54.9 Å². The summed E-state index contributed by atoms with van der Waals surface area (Å²) in [5, 5.41) is 9.78. The molecule has 1 fully saturated rings. The van der Waals surface area contributed by atoms with E-state index in [0.717, 1.165) is 11.1 Å². The second-order valence-corrected chi connectivity index (χ2v) is 7.42. The largest absolute Gasteiger partial charge is 0.481 e. The summed E-state index contributed by atoms with van der Waals surface area (Å²) in [6, 6.07) is 9.08. The van der Waals surface area contributed by atoms with Gasteiger partial charge in [-0.05, 0) is 36.6 Å². The molecule has 148 valence electrons. The Morgan fingerprint density at radius 3 is 2.86 bits per heavy atom. The fourth-order valence-electron chi connectivity index (χ4n) is 3.12. The first kappa shape index (κ1) is 20.8. The molecule has 3 unspecified atom stereocenters. The fourth-order valence-corrected chi connectivity index (χ4v) is 3.62. The van der Waals surface area contributed by atoms with Crippen molar-refractivity contribution in [1.29, 1.82) is 0 Å². The predicted molar refractivity (Wildman–Crippen MR) is 107 cm³/mol. The number of carbonyl (C=O) groups is 1. The number of carboxylic acids is 1. The van der Waals surface area contributed by atoms with Gasteiger partial charge in [-0.15, -0.1) is 0 Å². The Morgan fingerprint density at radius 2 is 2.14 bits per heavy atom. The van der Waals surface area contributed by atoms with Crippen LogP contribution in [-0.2, 0) is 14.3 Å². The lowest BCUT2D eigenvalue weighted by Gasteiger charge is -2.37. The van der Waals surface area contributed by atoms with Gasteiger partial charge < -0.3 is 14.6 Å². The van der Waals surface area contributed by atoms with Crippen molar-refractivity contribution in [2.45, 2.75) is 31.7 Å². The number of halogens is 2. The summed E-state index contributed by atoms with van der Waals surface area (Å²) in [5.41, 5.74) is 1.69. The van der Waals surface area contributed by atoms with Crippen LogP contribution in [0.4, 0.5) is 0 Å². The van der Waals surface area contributed by atoms with E-state index in [0.29, 0.717) is 29.5 Å². The van der Waals surface area contributed by atoms with E-state index in [1.165, 1.54) is 0 Å². The number of aromatic nitrogens is 1. The van der Waals surface area contributed by atoms with Gasteiger partial charge in [0.25, 0.3) is 0 Å². The van der Waals surface area contributed by atoms with Crippen LogP contribution in [0.5, 0.6) is 0 Å². The van der Waals surface area contributed by atoms with E-state index in [9.17, 15) is 4.79 Å². The number of nitrogens with zero attached hydrogens (tertiary/aromatic N) is 1. The lowest BCUT2D eigenvalue weighted by molar-refractivity contribution is -0.243. The quantitative estimate of drug-likeness (QED) is 0.588. The Hall–Kier alpha value is -1.92. The normalized spacial score (nSPS) is 22.4. The van der Waals surface area contributed by atoms with E-state index < -0.39 is 12.3 Å². The molecule has 1 aliphatic heterocycles. The average Bonchev–Trinajstić information content (AvgIpc) is 2.68. The van der Waals surface area contributed by atoms with Crippen molar-refractivity contribution in [3.63, 3.8) is 0 Å². The molecule has 3 atom stereocenters. The number of aliphatic carboxylic acids is 1. The highest BCUT2D eigenvalue weighted by molar-refractivity contribution is 6.35. The van der Waals surface area contributed by atoms with E-state index in [1.807, 2.05) is 30.4 Å². The number of carboxylic acid groups (broad SMARTS) is 1. The van der Waals surface area contributed by atoms with Crippen molar-refractivity contribution in [1.82, 2.24) is 4.98 Å². The summed E-state index contributed by atoms with van der Waals surface area (Å²) in [7, 11) is 0. The molecule has 1 saturated heterocycles. The number of hydrogen-bond acceptors (Lipinski definition) is 4. The van der Waals surface area contributed by atoms with E-state index in [-0.39, 0.29) is 18.4 Å². The summed E-state index contributed by atoms with van der Waals surface area (Å²) in [5.74, 6) is -0.725. The maximum absolute atomic E-state index is 10.6. The van der Waals surface area contributed by atoms with E-state index in [2.05, 4.69) is 4.98 Å². The molecule has 0 saturated carbocycles. The summed E-state index contributed by atoms with van der Waals surface area (Å²) in [6.45, 7) is 0.479. The third-order valence-electron chi connectivity index (χ3n) is 4.52. The highest BCUT2D eigenvalue weighted by Crippen LogP contribution is 2.41. The minimum atomic E-state index is -0.801. The Morgan fingerprint density at radius 1 is 1.29 bits per heavy atom. The summed E-state index contributed by atoms with van der Waals surface area (Å²) >= 11 is 12.3. The van der Waals surface area contributed by atoms with Gasteiger partial charge in [-0.25, -0.2) is 0 Å². The lowest BCUT2D eigenvalue weighted by atomic mass is 9.92. The molecule has 0 amide bonds. The van der Waals surface area contributed by atoms with Crippen LogP contribution in [0.2, 0.25) is 10.0 Å².